The fraction of sp³-hybridized carbons (Fsp3) is 0.263. The summed E-state index contributed by atoms with van der Waals surface area (Å²) in [6.45, 7) is -0.216. The van der Waals surface area contributed by atoms with Crippen molar-refractivity contribution in [3.05, 3.63) is 70.8 Å². The zero-order valence-corrected chi connectivity index (χ0v) is 12.4. The molecule has 22 heavy (non-hydrogen) atoms. The summed E-state index contributed by atoms with van der Waals surface area (Å²) in [5, 5.41) is 0. The van der Waals surface area contributed by atoms with Crippen molar-refractivity contribution in [2.45, 2.75) is 25.7 Å². The lowest BCUT2D eigenvalue weighted by atomic mass is 9.90. The molecule has 0 saturated carbocycles. The summed E-state index contributed by atoms with van der Waals surface area (Å²) >= 11 is 0. The molecule has 0 heterocycles. The highest BCUT2D eigenvalue weighted by Crippen LogP contribution is 2.22. The van der Waals surface area contributed by atoms with Crippen molar-refractivity contribution < 1.29 is 14.3 Å². The van der Waals surface area contributed by atoms with Crippen LogP contribution in [0.15, 0.2) is 48.5 Å². The Labute approximate surface area is 129 Å². The van der Waals surface area contributed by atoms with E-state index < -0.39 is 5.97 Å². The maximum absolute atomic E-state index is 12.2. The Morgan fingerprint density at radius 1 is 0.864 bits per heavy atom. The van der Waals surface area contributed by atoms with Gasteiger partial charge in [0.15, 0.2) is 12.4 Å². The van der Waals surface area contributed by atoms with Crippen LogP contribution in [0.3, 0.4) is 0 Å². The quantitative estimate of drug-likeness (QED) is 0.639. The van der Waals surface area contributed by atoms with E-state index in [9.17, 15) is 9.59 Å². The number of benzene rings is 2. The van der Waals surface area contributed by atoms with Crippen LogP contribution in [0.4, 0.5) is 0 Å². The molecule has 0 unspecified atom stereocenters. The van der Waals surface area contributed by atoms with E-state index in [1.165, 1.54) is 24.0 Å². The Balaban J connectivity index is 1.64. The van der Waals surface area contributed by atoms with Crippen molar-refractivity contribution in [3.8, 4) is 0 Å². The van der Waals surface area contributed by atoms with Crippen LogP contribution in [0.5, 0.6) is 0 Å². The summed E-state index contributed by atoms with van der Waals surface area (Å²) in [5.74, 6) is -0.621. The van der Waals surface area contributed by atoms with Gasteiger partial charge in [-0.05, 0) is 55.0 Å². The Hall–Kier alpha value is -2.42. The Bertz CT molecular complexity index is 689. The average Bonchev–Trinajstić information content (AvgIpc) is 2.59. The second kappa shape index (κ2) is 6.56. The molecule has 1 aliphatic carbocycles. The number of ketones is 1. The maximum atomic E-state index is 12.2. The number of carbonyl (C=O) groups excluding carboxylic acids is 2. The fourth-order valence-corrected chi connectivity index (χ4v) is 2.78. The molecule has 1 aliphatic rings. The lowest BCUT2D eigenvalue weighted by Crippen LogP contribution is -2.15. The topological polar surface area (TPSA) is 43.4 Å². The molecule has 0 fully saturated rings. The molecule has 0 aromatic heterocycles. The molecule has 2 aromatic rings. The van der Waals surface area contributed by atoms with E-state index in [0.29, 0.717) is 11.1 Å². The van der Waals surface area contributed by atoms with Crippen molar-refractivity contribution in [1.29, 1.82) is 0 Å². The third-order valence-electron chi connectivity index (χ3n) is 4.01. The van der Waals surface area contributed by atoms with Gasteiger partial charge < -0.3 is 4.74 Å². The molecule has 0 amide bonds. The van der Waals surface area contributed by atoms with Gasteiger partial charge in [0, 0.05) is 5.56 Å². The monoisotopic (exact) mass is 294 g/mol. The standard InChI is InChI=1S/C19H18O3/c20-18(13-22-19(21)15-7-2-1-3-8-15)17-11-10-14-6-4-5-9-16(14)12-17/h1-3,7-8,10-12H,4-6,9,13H2. The first kappa shape index (κ1) is 14.5. The fourth-order valence-electron chi connectivity index (χ4n) is 2.78. The predicted octanol–water partition coefficient (Wildman–Crippen LogP) is 3.61. The van der Waals surface area contributed by atoms with Crippen molar-refractivity contribution in [3.63, 3.8) is 0 Å². The van der Waals surface area contributed by atoms with Gasteiger partial charge in [-0.1, -0.05) is 30.3 Å². The van der Waals surface area contributed by atoms with Gasteiger partial charge in [-0.2, -0.15) is 0 Å². The highest BCUT2D eigenvalue weighted by molar-refractivity contribution is 5.99. The normalized spacial score (nSPS) is 13.3. The summed E-state index contributed by atoms with van der Waals surface area (Å²) in [6, 6.07) is 14.5. The Kier molecular flexibility index (Phi) is 4.33. The van der Waals surface area contributed by atoms with Gasteiger partial charge in [0.05, 0.1) is 5.56 Å². The molecule has 0 spiro atoms. The molecule has 0 aliphatic heterocycles. The van der Waals surface area contributed by atoms with Crippen LogP contribution in [0.25, 0.3) is 0 Å². The number of aryl methyl sites for hydroxylation is 2. The van der Waals surface area contributed by atoms with Gasteiger partial charge >= 0.3 is 5.97 Å². The molecule has 0 saturated heterocycles. The number of esters is 1. The zero-order chi connectivity index (χ0) is 15.4. The van der Waals surface area contributed by atoms with E-state index in [2.05, 4.69) is 0 Å². The first-order valence-electron chi connectivity index (χ1n) is 7.61. The SMILES string of the molecule is O=C(COC(=O)c1ccccc1)c1ccc2c(c1)CCCC2. The molecule has 0 N–H and O–H groups in total. The second-order valence-electron chi connectivity index (χ2n) is 5.56. The molecular formula is C19H18O3. The summed E-state index contributed by atoms with van der Waals surface area (Å²) in [4.78, 5) is 24.0. The van der Waals surface area contributed by atoms with Crippen molar-refractivity contribution in [2.24, 2.45) is 0 Å². The average molecular weight is 294 g/mol. The molecule has 3 rings (SSSR count). The maximum Gasteiger partial charge on any atom is 0.338 e. The van der Waals surface area contributed by atoms with Crippen LogP contribution in [-0.2, 0) is 17.6 Å². The third kappa shape index (κ3) is 3.25. The minimum absolute atomic E-state index is 0.155. The molecule has 0 atom stereocenters. The van der Waals surface area contributed by atoms with Crippen LogP contribution in [0.1, 0.15) is 44.7 Å². The molecular weight excluding hydrogens is 276 g/mol. The van der Waals surface area contributed by atoms with E-state index >= 15 is 0 Å². The lowest BCUT2D eigenvalue weighted by Gasteiger charge is -2.16. The minimum atomic E-state index is -0.466. The number of ether oxygens (including phenoxy) is 1. The van der Waals surface area contributed by atoms with Crippen LogP contribution >= 0.6 is 0 Å². The zero-order valence-electron chi connectivity index (χ0n) is 12.4. The molecule has 0 bridgehead atoms. The van der Waals surface area contributed by atoms with Crippen LogP contribution in [0, 0.1) is 0 Å². The highest BCUT2D eigenvalue weighted by Gasteiger charge is 2.15. The van der Waals surface area contributed by atoms with Crippen LogP contribution in [0.2, 0.25) is 0 Å². The van der Waals surface area contributed by atoms with Crippen molar-refractivity contribution in [1.82, 2.24) is 0 Å². The first-order chi connectivity index (χ1) is 10.7. The first-order valence-corrected chi connectivity index (χ1v) is 7.61. The van der Waals surface area contributed by atoms with Gasteiger partial charge in [0.2, 0.25) is 0 Å². The predicted molar refractivity (Wildman–Crippen MR) is 84.1 cm³/mol. The lowest BCUT2D eigenvalue weighted by molar-refractivity contribution is 0.0474. The smallest absolute Gasteiger partial charge is 0.338 e. The van der Waals surface area contributed by atoms with E-state index in [1.807, 2.05) is 24.3 Å². The van der Waals surface area contributed by atoms with Gasteiger partial charge in [0.25, 0.3) is 0 Å². The largest absolute Gasteiger partial charge is 0.454 e. The van der Waals surface area contributed by atoms with E-state index in [4.69, 9.17) is 4.74 Å². The van der Waals surface area contributed by atoms with Gasteiger partial charge in [-0.15, -0.1) is 0 Å². The van der Waals surface area contributed by atoms with E-state index in [1.54, 1.807) is 24.3 Å². The van der Waals surface area contributed by atoms with E-state index in [-0.39, 0.29) is 12.4 Å². The second-order valence-corrected chi connectivity index (χ2v) is 5.56. The number of carbonyl (C=O) groups is 2. The third-order valence-corrected chi connectivity index (χ3v) is 4.01. The molecule has 3 nitrogen and oxygen atoms in total. The summed E-state index contributed by atoms with van der Waals surface area (Å²) in [5.41, 5.74) is 3.68. The summed E-state index contributed by atoms with van der Waals surface area (Å²) in [7, 11) is 0. The number of Topliss-reactive ketones (excluding diaryl/α,β-unsaturated/α-hetero) is 1. The van der Waals surface area contributed by atoms with E-state index in [0.717, 1.165) is 12.8 Å². The highest BCUT2D eigenvalue weighted by atomic mass is 16.5. The number of fused-ring (bicyclic) bond motifs is 1. The molecule has 2 aromatic carbocycles. The minimum Gasteiger partial charge on any atom is -0.454 e. The Morgan fingerprint density at radius 2 is 1.59 bits per heavy atom. The molecule has 112 valence electrons. The van der Waals surface area contributed by atoms with Crippen LogP contribution in [-0.4, -0.2) is 18.4 Å². The van der Waals surface area contributed by atoms with Gasteiger partial charge in [0.1, 0.15) is 0 Å². The van der Waals surface area contributed by atoms with Crippen molar-refractivity contribution in [2.75, 3.05) is 6.61 Å². The van der Waals surface area contributed by atoms with Crippen molar-refractivity contribution >= 4 is 11.8 Å². The van der Waals surface area contributed by atoms with Crippen LogP contribution < -0.4 is 0 Å². The summed E-state index contributed by atoms with van der Waals surface area (Å²) < 4.78 is 5.10. The molecule has 0 radical (unpaired) electrons. The van der Waals surface area contributed by atoms with Gasteiger partial charge in [-0.3, -0.25) is 4.79 Å². The number of rotatable bonds is 4. The van der Waals surface area contributed by atoms with Gasteiger partial charge in [-0.25, -0.2) is 4.79 Å². The molecule has 3 heteroatoms. The number of hydrogen-bond donors (Lipinski definition) is 0. The Morgan fingerprint density at radius 3 is 2.36 bits per heavy atom. The number of hydrogen-bond acceptors (Lipinski definition) is 3. The summed E-state index contributed by atoms with van der Waals surface area (Å²) in [6.07, 6.45) is 4.51.